The highest BCUT2D eigenvalue weighted by Crippen LogP contribution is 2.31. The van der Waals surface area contributed by atoms with Crippen molar-refractivity contribution in [3.05, 3.63) is 11.4 Å². The second-order valence-electron chi connectivity index (χ2n) is 2.18. The molecule has 0 radical (unpaired) electrons. The first-order valence-electron chi connectivity index (χ1n) is 3.48. The van der Waals surface area contributed by atoms with Crippen LogP contribution in [0.3, 0.4) is 0 Å². The van der Waals surface area contributed by atoms with E-state index in [1.165, 1.54) is 9.70 Å². The third-order valence-electron chi connectivity index (χ3n) is 1.42. The third-order valence-corrected chi connectivity index (χ3v) is 3.29. The van der Waals surface area contributed by atoms with Crippen molar-refractivity contribution in [1.82, 2.24) is 4.37 Å². The number of nitrogens with one attached hydrogen (secondary N) is 1. The van der Waals surface area contributed by atoms with E-state index in [2.05, 4.69) is 28.1 Å². The van der Waals surface area contributed by atoms with Crippen LogP contribution in [0, 0.1) is 0 Å². The van der Waals surface area contributed by atoms with Crippen molar-refractivity contribution in [1.29, 1.82) is 0 Å². The standard InChI is InChI=1S/C7H8N2S2/c1-2-8-7-6-5(9-11-7)3-4-10-6/h3-4,8H,2H2,1H3. The van der Waals surface area contributed by atoms with Gasteiger partial charge in [0.1, 0.15) is 5.00 Å². The maximum absolute atomic E-state index is 4.29. The summed E-state index contributed by atoms with van der Waals surface area (Å²) in [6.07, 6.45) is 0. The van der Waals surface area contributed by atoms with Gasteiger partial charge >= 0.3 is 0 Å². The maximum Gasteiger partial charge on any atom is 0.127 e. The van der Waals surface area contributed by atoms with E-state index in [0.29, 0.717) is 0 Å². The predicted octanol–water partition coefficient (Wildman–Crippen LogP) is 2.79. The van der Waals surface area contributed by atoms with Crippen molar-refractivity contribution in [3.63, 3.8) is 0 Å². The van der Waals surface area contributed by atoms with Gasteiger partial charge in [-0.3, -0.25) is 0 Å². The number of thiophene rings is 1. The van der Waals surface area contributed by atoms with Crippen LogP contribution in [-0.2, 0) is 0 Å². The molecular formula is C7H8N2S2. The molecule has 58 valence electrons. The van der Waals surface area contributed by atoms with Gasteiger partial charge in [-0.05, 0) is 29.9 Å². The molecule has 0 aliphatic heterocycles. The Morgan fingerprint density at radius 1 is 1.64 bits per heavy atom. The fourth-order valence-electron chi connectivity index (χ4n) is 0.954. The van der Waals surface area contributed by atoms with Crippen molar-refractivity contribution in [2.75, 3.05) is 11.9 Å². The summed E-state index contributed by atoms with van der Waals surface area (Å²) in [5.74, 6) is 0. The number of rotatable bonds is 2. The van der Waals surface area contributed by atoms with Gasteiger partial charge in [0.2, 0.25) is 0 Å². The smallest absolute Gasteiger partial charge is 0.127 e. The molecule has 0 aliphatic carbocycles. The van der Waals surface area contributed by atoms with Gasteiger partial charge in [0.05, 0.1) is 10.2 Å². The van der Waals surface area contributed by atoms with Gasteiger partial charge in [-0.15, -0.1) is 11.3 Å². The van der Waals surface area contributed by atoms with Gasteiger partial charge in [-0.1, -0.05) is 0 Å². The molecule has 0 bridgehead atoms. The van der Waals surface area contributed by atoms with E-state index in [1.807, 2.05) is 0 Å². The van der Waals surface area contributed by atoms with E-state index in [9.17, 15) is 0 Å². The topological polar surface area (TPSA) is 24.9 Å². The molecule has 0 saturated heterocycles. The number of nitrogens with zero attached hydrogens (tertiary/aromatic N) is 1. The maximum atomic E-state index is 4.29. The largest absolute Gasteiger partial charge is 0.375 e. The zero-order valence-electron chi connectivity index (χ0n) is 6.13. The Morgan fingerprint density at radius 2 is 2.55 bits per heavy atom. The predicted molar refractivity (Wildman–Crippen MR) is 51.7 cm³/mol. The molecule has 2 aromatic heterocycles. The minimum atomic E-state index is 0.967. The summed E-state index contributed by atoms with van der Waals surface area (Å²) in [6, 6.07) is 2.05. The normalized spacial score (nSPS) is 10.6. The Labute approximate surface area is 73.0 Å². The Balaban J connectivity index is 2.51. The Hall–Kier alpha value is -0.610. The van der Waals surface area contributed by atoms with Crippen molar-refractivity contribution in [2.24, 2.45) is 0 Å². The molecule has 2 rings (SSSR count). The number of aromatic nitrogens is 1. The Bertz CT molecular complexity index is 350. The van der Waals surface area contributed by atoms with Gasteiger partial charge in [-0.2, -0.15) is 4.37 Å². The highest BCUT2D eigenvalue weighted by Gasteiger charge is 2.04. The van der Waals surface area contributed by atoms with Crippen LogP contribution < -0.4 is 5.32 Å². The average molecular weight is 184 g/mol. The minimum Gasteiger partial charge on any atom is -0.375 e. The van der Waals surface area contributed by atoms with E-state index in [0.717, 1.165) is 12.1 Å². The van der Waals surface area contributed by atoms with Crippen molar-refractivity contribution in [2.45, 2.75) is 6.92 Å². The van der Waals surface area contributed by atoms with Gasteiger partial charge in [0, 0.05) is 6.54 Å². The number of hydrogen-bond donors (Lipinski definition) is 1. The average Bonchev–Trinajstić information content (AvgIpc) is 2.53. The molecule has 4 heteroatoms. The zero-order valence-corrected chi connectivity index (χ0v) is 7.76. The lowest BCUT2D eigenvalue weighted by atomic mass is 10.5. The molecule has 0 fully saturated rings. The molecule has 0 amide bonds. The van der Waals surface area contributed by atoms with E-state index >= 15 is 0 Å². The summed E-state index contributed by atoms with van der Waals surface area (Å²) >= 11 is 3.29. The fraction of sp³-hybridized carbons (Fsp3) is 0.286. The molecule has 0 spiro atoms. The third kappa shape index (κ3) is 1.12. The lowest BCUT2D eigenvalue weighted by Gasteiger charge is -1.94. The summed E-state index contributed by atoms with van der Waals surface area (Å²) in [5.41, 5.74) is 1.12. The lowest BCUT2D eigenvalue weighted by molar-refractivity contribution is 1.23. The SMILES string of the molecule is CCNc1snc2ccsc12. The van der Waals surface area contributed by atoms with Gasteiger partial charge < -0.3 is 5.32 Å². The molecule has 0 unspecified atom stereocenters. The van der Waals surface area contributed by atoms with Gasteiger partial charge in [-0.25, -0.2) is 0 Å². The highest BCUT2D eigenvalue weighted by atomic mass is 32.1. The minimum absolute atomic E-state index is 0.967. The number of hydrogen-bond acceptors (Lipinski definition) is 4. The molecule has 0 aliphatic rings. The fourth-order valence-corrected chi connectivity index (χ4v) is 2.75. The summed E-state index contributed by atoms with van der Waals surface area (Å²) < 4.78 is 5.58. The summed E-state index contributed by atoms with van der Waals surface area (Å²) in [7, 11) is 0. The summed E-state index contributed by atoms with van der Waals surface area (Å²) in [5, 5.41) is 6.56. The monoisotopic (exact) mass is 184 g/mol. The van der Waals surface area contributed by atoms with Crippen LogP contribution in [0.15, 0.2) is 11.4 Å². The van der Waals surface area contributed by atoms with Crippen LogP contribution in [0.1, 0.15) is 6.92 Å². The van der Waals surface area contributed by atoms with E-state index in [4.69, 9.17) is 0 Å². The molecule has 11 heavy (non-hydrogen) atoms. The molecule has 2 nitrogen and oxygen atoms in total. The lowest BCUT2D eigenvalue weighted by Crippen LogP contribution is -1.92. The molecule has 0 atom stereocenters. The molecule has 0 aromatic carbocycles. The zero-order chi connectivity index (χ0) is 7.68. The first-order chi connectivity index (χ1) is 5.42. The van der Waals surface area contributed by atoms with Crippen LogP contribution in [0.5, 0.6) is 0 Å². The number of fused-ring (bicyclic) bond motifs is 1. The second-order valence-corrected chi connectivity index (χ2v) is 3.87. The van der Waals surface area contributed by atoms with E-state index < -0.39 is 0 Å². The van der Waals surface area contributed by atoms with Crippen molar-refractivity contribution < 1.29 is 0 Å². The second kappa shape index (κ2) is 2.79. The van der Waals surface area contributed by atoms with Gasteiger partial charge in [0.15, 0.2) is 0 Å². The molecule has 1 N–H and O–H groups in total. The first-order valence-corrected chi connectivity index (χ1v) is 5.14. The van der Waals surface area contributed by atoms with Gasteiger partial charge in [0.25, 0.3) is 0 Å². The molecule has 0 saturated carbocycles. The Morgan fingerprint density at radius 3 is 3.36 bits per heavy atom. The van der Waals surface area contributed by atoms with Crippen LogP contribution >= 0.6 is 22.9 Å². The quantitative estimate of drug-likeness (QED) is 0.776. The summed E-state index contributed by atoms with van der Waals surface area (Å²) in [6.45, 7) is 3.06. The van der Waals surface area contributed by atoms with Crippen LogP contribution in [0.25, 0.3) is 10.2 Å². The van der Waals surface area contributed by atoms with Crippen molar-refractivity contribution in [3.8, 4) is 0 Å². The van der Waals surface area contributed by atoms with Crippen molar-refractivity contribution >= 4 is 38.1 Å². The van der Waals surface area contributed by atoms with Crippen LogP contribution in [-0.4, -0.2) is 10.9 Å². The summed E-state index contributed by atoms with van der Waals surface area (Å²) in [4.78, 5) is 0. The van der Waals surface area contributed by atoms with E-state index in [-0.39, 0.29) is 0 Å². The first kappa shape index (κ1) is 7.06. The van der Waals surface area contributed by atoms with Crippen LogP contribution in [0.2, 0.25) is 0 Å². The Kier molecular flexibility index (Phi) is 1.79. The molecule has 2 aromatic rings. The molecule has 2 heterocycles. The van der Waals surface area contributed by atoms with E-state index in [1.54, 1.807) is 22.9 Å². The number of anilines is 1. The van der Waals surface area contributed by atoms with Crippen LogP contribution in [0.4, 0.5) is 5.00 Å². The molecular weight excluding hydrogens is 176 g/mol. The highest BCUT2D eigenvalue weighted by molar-refractivity contribution is 7.23.